The Labute approximate surface area is 129 Å². The number of hydrogen-bond donors (Lipinski definition) is 1. The van der Waals surface area contributed by atoms with E-state index in [0.717, 1.165) is 30.7 Å². The van der Waals surface area contributed by atoms with Crippen molar-refractivity contribution in [1.29, 1.82) is 0 Å². The Morgan fingerprint density at radius 1 is 1.29 bits per heavy atom. The van der Waals surface area contributed by atoms with E-state index in [-0.39, 0.29) is 0 Å². The van der Waals surface area contributed by atoms with Crippen LogP contribution in [0.5, 0.6) is 5.75 Å². The molecule has 1 fully saturated rings. The van der Waals surface area contributed by atoms with Gasteiger partial charge in [0, 0.05) is 6.54 Å². The average molecular weight is 290 g/mol. The average Bonchev–Trinajstić information content (AvgIpc) is 2.49. The van der Waals surface area contributed by atoms with Gasteiger partial charge < -0.3 is 10.1 Å². The van der Waals surface area contributed by atoms with E-state index >= 15 is 0 Å². The fraction of sp³-hybridized carbons (Fsp3) is 0.667. The third kappa shape index (κ3) is 5.68. The van der Waals surface area contributed by atoms with Crippen LogP contribution in [0.25, 0.3) is 0 Å². The molecule has 3 nitrogen and oxygen atoms in total. The fourth-order valence-electron chi connectivity index (χ4n) is 2.95. The third-order valence-electron chi connectivity index (χ3n) is 4.23. The zero-order valence-corrected chi connectivity index (χ0v) is 13.8. The molecular formula is C18H30N2O. The molecule has 1 aliphatic heterocycles. The van der Waals surface area contributed by atoms with Gasteiger partial charge in [0.1, 0.15) is 5.75 Å². The van der Waals surface area contributed by atoms with E-state index in [9.17, 15) is 0 Å². The summed E-state index contributed by atoms with van der Waals surface area (Å²) < 4.78 is 5.30. The third-order valence-corrected chi connectivity index (χ3v) is 4.23. The largest absolute Gasteiger partial charge is 0.497 e. The molecule has 1 saturated heterocycles. The molecule has 1 aromatic carbocycles. The maximum Gasteiger partial charge on any atom is 0.119 e. The van der Waals surface area contributed by atoms with Crippen molar-refractivity contribution in [3.63, 3.8) is 0 Å². The molecule has 118 valence electrons. The van der Waals surface area contributed by atoms with Gasteiger partial charge in [-0.1, -0.05) is 26.0 Å². The van der Waals surface area contributed by atoms with Crippen molar-refractivity contribution in [2.45, 2.75) is 33.2 Å². The summed E-state index contributed by atoms with van der Waals surface area (Å²) in [4.78, 5) is 2.56. The zero-order chi connectivity index (χ0) is 15.1. The van der Waals surface area contributed by atoms with Crippen LogP contribution in [-0.2, 0) is 6.54 Å². The second kappa shape index (κ2) is 8.40. The van der Waals surface area contributed by atoms with Crippen molar-refractivity contribution in [2.24, 2.45) is 11.8 Å². The van der Waals surface area contributed by atoms with E-state index in [1.165, 1.54) is 38.0 Å². The predicted molar refractivity (Wildman–Crippen MR) is 88.7 cm³/mol. The Kier molecular flexibility index (Phi) is 6.52. The molecule has 2 rings (SSSR count). The molecule has 0 aromatic heterocycles. The highest BCUT2D eigenvalue weighted by Crippen LogP contribution is 2.20. The Morgan fingerprint density at radius 3 is 2.71 bits per heavy atom. The highest BCUT2D eigenvalue weighted by atomic mass is 16.5. The first kappa shape index (κ1) is 16.3. The number of piperidine rings is 1. The first-order valence-electron chi connectivity index (χ1n) is 8.23. The summed E-state index contributed by atoms with van der Waals surface area (Å²) >= 11 is 0. The maximum atomic E-state index is 5.30. The van der Waals surface area contributed by atoms with Crippen LogP contribution in [0.1, 0.15) is 32.3 Å². The summed E-state index contributed by atoms with van der Waals surface area (Å²) in [6.45, 7) is 10.3. The van der Waals surface area contributed by atoms with Crippen molar-refractivity contribution in [1.82, 2.24) is 10.2 Å². The van der Waals surface area contributed by atoms with Crippen molar-refractivity contribution < 1.29 is 4.74 Å². The maximum absolute atomic E-state index is 5.30. The Bertz CT molecular complexity index is 411. The molecule has 0 aliphatic carbocycles. The number of nitrogens with one attached hydrogen (secondary N) is 1. The van der Waals surface area contributed by atoms with Gasteiger partial charge in [0.15, 0.2) is 0 Å². The Hall–Kier alpha value is -1.06. The van der Waals surface area contributed by atoms with Gasteiger partial charge in [-0.05, 0) is 68.6 Å². The zero-order valence-electron chi connectivity index (χ0n) is 13.8. The number of methoxy groups -OCH3 is 1. The first-order valence-corrected chi connectivity index (χ1v) is 8.23. The molecule has 1 aliphatic rings. The molecule has 0 spiro atoms. The van der Waals surface area contributed by atoms with Crippen LogP contribution in [0, 0.1) is 11.8 Å². The predicted octanol–water partition coefficient (Wildman–Crippen LogP) is 3.15. The van der Waals surface area contributed by atoms with Crippen LogP contribution in [0.15, 0.2) is 24.3 Å². The van der Waals surface area contributed by atoms with Gasteiger partial charge in [0.2, 0.25) is 0 Å². The van der Waals surface area contributed by atoms with Crippen LogP contribution in [0.2, 0.25) is 0 Å². The van der Waals surface area contributed by atoms with Gasteiger partial charge in [-0.3, -0.25) is 4.90 Å². The summed E-state index contributed by atoms with van der Waals surface area (Å²) in [5, 5.41) is 3.60. The van der Waals surface area contributed by atoms with Gasteiger partial charge in [-0.15, -0.1) is 0 Å². The molecule has 0 radical (unpaired) electrons. The number of likely N-dealkylation sites (tertiary alicyclic amines) is 1. The molecule has 1 aromatic rings. The summed E-state index contributed by atoms with van der Waals surface area (Å²) in [7, 11) is 1.73. The number of ether oxygens (including phenoxy) is 1. The number of benzene rings is 1. The number of rotatable bonds is 7. The molecule has 21 heavy (non-hydrogen) atoms. The van der Waals surface area contributed by atoms with Gasteiger partial charge in [0.05, 0.1) is 7.11 Å². The van der Waals surface area contributed by atoms with Crippen LogP contribution < -0.4 is 10.1 Å². The molecule has 3 heteroatoms. The lowest BCUT2D eigenvalue weighted by molar-refractivity contribution is 0.175. The standard InChI is InChI=1S/C18H30N2O/c1-15(2)12-19-13-16-7-9-20(10-8-16)14-17-5-4-6-18(11-17)21-3/h4-6,11,15-16,19H,7-10,12-14H2,1-3H3. The minimum absolute atomic E-state index is 0.748. The van der Waals surface area contributed by atoms with Gasteiger partial charge in [0.25, 0.3) is 0 Å². The minimum Gasteiger partial charge on any atom is -0.497 e. The van der Waals surface area contributed by atoms with Crippen molar-refractivity contribution in [2.75, 3.05) is 33.3 Å². The van der Waals surface area contributed by atoms with E-state index in [0.29, 0.717) is 0 Å². The lowest BCUT2D eigenvalue weighted by Crippen LogP contribution is -2.37. The summed E-state index contributed by atoms with van der Waals surface area (Å²) in [5.41, 5.74) is 1.35. The molecule has 0 unspecified atom stereocenters. The second-order valence-corrected chi connectivity index (χ2v) is 6.62. The van der Waals surface area contributed by atoms with E-state index in [1.54, 1.807) is 7.11 Å². The first-order chi connectivity index (χ1) is 10.2. The van der Waals surface area contributed by atoms with E-state index in [1.807, 2.05) is 6.07 Å². The molecule has 0 bridgehead atoms. The van der Waals surface area contributed by atoms with Crippen LogP contribution in [-0.4, -0.2) is 38.2 Å². The van der Waals surface area contributed by atoms with Crippen LogP contribution in [0.3, 0.4) is 0 Å². The summed E-state index contributed by atoms with van der Waals surface area (Å²) in [6, 6.07) is 8.43. The quantitative estimate of drug-likeness (QED) is 0.835. The molecule has 0 atom stereocenters. The van der Waals surface area contributed by atoms with Gasteiger partial charge in [-0.25, -0.2) is 0 Å². The van der Waals surface area contributed by atoms with Gasteiger partial charge in [-0.2, -0.15) is 0 Å². The lowest BCUT2D eigenvalue weighted by Gasteiger charge is -2.32. The van der Waals surface area contributed by atoms with Gasteiger partial charge >= 0.3 is 0 Å². The molecule has 1 heterocycles. The number of nitrogens with zero attached hydrogens (tertiary/aromatic N) is 1. The Balaban J connectivity index is 1.71. The van der Waals surface area contributed by atoms with Crippen molar-refractivity contribution in [3.8, 4) is 5.75 Å². The van der Waals surface area contributed by atoms with E-state index < -0.39 is 0 Å². The van der Waals surface area contributed by atoms with Crippen molar-refractivity contribution in [3.05, 3.63) is 29.8 Å². The van der Waals surface area contributed by atoms with Crippen LogP contribution in [0.4, 0.5) is 0 Å². The fourth-order valence-corrected chi connectivity index (χ4v) is 2.95. The molecular weight excluding hydrogens is 260 g/mol. The monoisotopic (exact) mass is 290 g/mol. The highest BCUT2D eigenvalue weighted by Gasteiger charge is 2.19. The summed E-state index contributed by atoms with van der Waals surface area (Å²) in [6.07, 6.45) is 2.63. The highest BCUT2D eigenvalue weighted by molar-refractivity contribution is 5.28. The topological polar surface area (TPSA) is 24.5 Å². The minimum atomic E-state index is 0.748. The second-order valence-electron chi connectivity index (χ2n) is 6.62. The molecule has 0 amide bonds. The Morgan fingerprint density at radius 2 is 2.05 bits per heavy atom. The molecule has 0 saturated carbocycles. The lowest BCUT2D eigenvalue weighted by atomic mass is 9.96. The summed E-state index contributed by atoms with van der Waals surface area (Å²) in [5.74, 6) is 2.56. The smallest absolute Gasteiger partial charge is 0.119 e. The van der Waals surface area contributed by atoms with E-state index in [4.69, 9.17) is 4.74 Å². The van der Waals surface area contributed by atoms with Crippen molar-refractivity contribution >= 4 is 0 Å². The SMILES string of the molecule is COc1cccc(CN2CCC(CNCC(C)C)CC2)c1. The van der Waals surface area contributed by atoms with E-state index in [2.05, 4.69) is 42.3 Å². The molecule has 1 N–H and O–H groups in total. The van der Waals surface area contributed by atoms with Crippen LogP contribution >= 0.6 is 0 Å². The number of hydrogen-bond acceptors (Lipinski definition) is 3. The normalized spacial score (nSPS) is 17.3.